The molecule has 0 saturated heterocycles. The van der Waals surface area contributed by atoms with E-state index < -0.39 is 0 Å². The van der Waals surface area contributed by atoms with Gasteiger partial charge in [-0.15, -0.1) is 0 Å². The number of benzene rings is 1. The van der Waals surface area contributed by atoms with Crippen LogP contribution in [0.3, 0.4) is 0 Å². The fourth-order valence-corrected chi connectivity index (χ4v) is 2.60. The fourth-order valence-electron chi connectivity index (χ4n) is 2.60. The second-order valence-corrected chi connectivity index (χ2v) is 5.00. The number of rotatable bonds is 4. The van der Waals surface area contributed by atoms with Crippen LogP contribution in [-0.2, 0) is 6.42 Å². The summed E-state index contributed by atoms with van der Waals surface area (Å²) >= 11 is 0. The van der Waals surface area contributed by atoms with Crippen LogP contribution in [0.1, 0.15) is 49.5 Å². The third-order valence-corrected chi connectivity index (χ3v) is 3.67. The SMILES string of the molecule is CCC(CC)C(=O)c1ccc2c(c1)CC(C)N2. The minimum atomic E-state index is 0.180. The Kier molecular flexibility index (Phi) is 3.51. The second-order valence-electron chi connectivity index (χ2n) is 5.00. The zero-order chi connectivity index (χ0) is 12.4. The Balaban J connectivity index is 2.24. The molecule has 0 bridgehead atoms. The number of nitrogens with one attached hydrogen (secondary N) is 1. The van der Waals surface area contributed by atoms with E-state index in [1.54, 1.807) is 0 Å². The Bertz CT molecular complexity index is 421. The molecule has 1 aromatic rings. The van der Waals surface area contributed by atoms with Gasteiger partial charge in [-0.25, -0.2) is 0 Å². The van der Waals surface area contributed by atoms with Gasteiger partial charge in [0.1, 0.15) is 0 Å². The van der Waals surface area contributed by atoms with Crippen LogP contribution >= 0.6 is 0 Å². The molecule has 0 spiro atoms. The summed E-state index contributed by atoms with van der Waals surface area (Å²) in [6, 6.07) is 6.58. The summed E-state index contributed by atoms with van der Waals surface area (Å²) in [5.41, 5.74) is 3.36. The number of hydrogen-bond acceptors (Lipinski definition) is 2. The van der Waals surface area contributed by atoms with Crippen molar-refractivity contribution in [3.63, 3.8) is 0 Å². The van der Waals surface area contributed by atoms with Gasteiger partial charge in [0.05, 0.1) is 0 Å². The molecular formula is C15H21NO. The molecule has 0 amide bonds. The average molecular weight is 231 g/mol. The van der Waals surface area contributed by atoms with Gasteiger partial charge in [-0.1, -0.05) is 13.8 Å². The average Bonchev–Trinajstić information content (AvgIpc) is 2.69. The lowest BCUT2D eigenvalue weighted by molar-refractivity contribution is 0.0913. The molecule has 17 heavy (non-hydrogen) atoms. The number of carbonyl (C=O) groups is 1. The summed E-state index contributed by atoms with van der Waals surface area (Å²) in [5.74, 6) is 0.484. The predicted molar refractivity (Wildman–Crippen MR) is 71.6 cm³/mol. The lowest BCUT2D eigenvalue weighted by Crippen LogP contribution is -2.13. The summed E-state index contributed by atoms with van der Waals surface area (Å²) in [7, 11) is 0. The van der Waals surface area contributed by atoms with Gasteiger partial charge in [0.2, 0.25) is 0 Å². The van der Waals surface area contributed by atoms with Gasteiger partial charge in [0.15, 0.2) is 5.78 Å². The molecule has 1 heterocycles. The van der Waals surface area contributed by atoms with Crippen molar-refractivity contribution in [1.82, 2.24) is 0 Å². The van der Waals surface area contributed by atoms with Crippen LogP contribution in [0.2, 0.25) is 0 Å². The predicted octanol–water partition coefficient (Wildman–Crippen LogP) is 3.66. The van der Waals surface area contributed by atoms with Gasteiger partial charge in [0.25, 0.3) is 0 Å². The van der Waals surface area contributed by atoms with Crippen molar-refractivity contribution in [2.24, 2.45) is 5.92 Å². The maximum atomic E-state index is 12.3. The van der Waals surface area contributed by atoms with Crippen LogP contribution in [0.25, 0.3) is 0 Å². The van der Waals surface area contributed by atoms with Gasteiger partial charge in [-0.3, -0.25) is 4.79 Å². The van der Waals surface area contributed by atoms with Gasteiger partial charge in [-0.05, 0) is 49.9 Å². The summed E-state index contributed by atoms with van der Waals surface area (Å²) < 4.78 is 0. The van der Waals surface area contributed by atoms with Crippen LogP contribution in [0.4, 0.5) is 5.69 Å². The second kappa shape index (κ2) is 4.91. The molecule has 1 atom stereocenters. The lowest BCUT2D eigenvalue weighted by atomic mass is 9.92. The molecular weight excluding hydrogens is 210 g/mol. The van der Waals surface area contributed by atoms with Crippen molar-refractivity contribution in [3.05, 3.63) is 29.3 Å². The molecule has 0 aromatic heterocycles. The Labute approximate surface area is 103 Å². The molecule has 0 fully saturated rings. The molecule has 1 N–H and O–H groups in total. The molecule has 2 nitrogen and oxygen atoms in total. The standard InChI is InChI=1S/C15H21NO/c1-4-11(5-2)15(17)12-6-7-14-13(9-12)8-10(3)16-14/h6-7,9-11,16H,4-5,8H2,1-3H3. The number of Topliss-reactive ketones (excluding diaryl/α,β-unsaturated/α-hetero) is 1. The highest BCUT2D eigenvalue weighted by Crippen LogP contribution is 2.28. The Morgan fingerprint density at radius 1 is 1.41 bits per heavy atom. The van der Waals surface area contributed by atoms with E-state index >= 15 is 0 Å². The molecule has 1 unspecified atom stereocenters. The van der Waals surface area contributed by atoms with Gasteiger partial charge >= 0.3 is 0 Å². The van der Waals surface area contributed by atoms with Crippen LogP contribution in [0.15, 0.2) is 18.2 Å². The van der Waals surface area contributed by atoms with E-state index in [0.717, 1.165) is 24.8 Å². The van der Waals surface area contributed by atoms with Crippen molar-refractivity contribution in [3.8, 4) is 0 Å². The van der Waals surface area contributed by atoms with Crippen LogP contribution < -0.4 is 5.32 Å². The van der Waals surface area contributed by atoms with E-state index in [2.05, 4.69) is 38.2 Å². The van der Waals surface area contributed by atoms with Crippen LogP contribution in [-0.4, -0.2) is 11.8 Å². The summed E-state index contributed by atoms with van der Waals surface area (Å²) in [6.45, 7) is 6.34. The van der Waals surface area contributed by atoms with Crippen molar-refractivity contribution in [2.75, 3.05) is 5.32 Å². The third-order valence-electron chi connectivity index (χ3n) is 3.67. The first-order chi connectivity index (χ1) is 8.15. The Morgan fingerprint density at radius 2 is 2.12 bits per heavy atom. The summed E-state index contributed by atoms with van der Waals surface area (Å²) in [5, 5.41) is 3.41. The van der Waals surface area contributed by atoms with E-state index in [1.807, 2.05) is 6.07 Å². The minimum Gasteiger partial charge on any atom is -0.382 e. The van der Waals surface area contributed by atoms with E-state index in [1.165, 1.54) is 11.3 Å². The minimum absolute atomic E-state index is 0.180. The Hall–Kier alpha value is -1.31. The van der Waals surface area contributed by atoms with Gasteiger partial charge in [0, 0.05) is 23.2 Å². The highest BCUT2D eigenvalue weighted by molar-refractivity contribution is 5.98. The van der Waals surface area contributed by atoms with Gasteiger partial charge in [-0.2, -0.15) is 0 Å². The molecule has 0 saturated carbocycles. The van der Waals surface area contributed by atoms with E-state index in [0.29, 0.717) is 11.8 Å². The quantitative estimate of drug-likeness (QED) is 0.801. The smallest absolute Gasteiger partial charge is 0.165 e. The van der Waals surface area contributed by atoms with Crippen LogP contribution in [0, 0.1) is 5.92 Å². The lowest BCUT2D eigenvalue weighted by Gasteiger charge is -2.11. The van der Waals surface area contributed by atoms with E-state index in [9.17, 15) is 4.79 Å². The topological polar surface area (TPSA) is 29.1 Å². The van der Waals surface area contributed by atoms with E-state index in [4.69, 9.17) is 0 Å². The van der Waals surface area contributed by atoms with E-state index in [-0.39, 0.29) is 5.92 Å². The monoisotopic (exact) mass is 231 g/mol. The first-order valence-corrected chi connectivity index (χ1v) is 6.59. The number of hydrogen-bond donors (Lipinski definition) is 1. The molecule has 92 valence electrons. The normalized spacial score (nSPS) is 18.0. The fraction of sp³-hybridized carbons (Fsp3) is 0.533. The maximum Gasteiger partial charge on any atom is 0.165 e. The molecule has 0 radical (unpaired) electrons. The highest BCUT2D eigenvalue weighted by atomic mass is 16.1. The molecule has 0 aliphatic carbocycles. The highest BCUT2D eigenvalue weighted by Gasteiger charge is 2.21. The zero-order valence-corrected chi connectivity index (χ0v) is 10.9. The largest absolute Gasteiger partial charge is 0.382 e. The van der Waals surface area contributed by atoms with Crippen molar-refractivity contribution in [1.29, 1.82) is 0 Å². The number of ketones is 1. The molecule has 1 aliphatic rings. The number of carbonyl (C=O) groups excluding carboxylic acids is 1. The first-order valence-electron chi connectivity index (χ1n) is 6.59. The van der Waals surface area contributed by atoms with Crippen molar-refractivity contribution < 1.29 is 4.79 Å². The zero-order valence-electron chi connectivity index (χ0n) is 10.9. The number of anilines is 1. The van der Waals surface area contributed by atoms with Crippen molar-refractivity contribution >= 4 is 11.5 Å². The molecule has 2 heteroatoms. The van der Waals surface area contributed by atoms with Gasteiger partial charge < -0.3 is 5.32 Å². The molecule has 2 rings (SSSR count). The Morgan fingerprint density at radius 3 is 2.76 bits per heavy atom. The molecule has 1 aromatic carbocycles. The first kappa shape index (κ1) is 12.2. The van der Waals surface area contributed by atoms with Crippen molar-refractivity contribution in [2.45, 2.75) is 46.1 Å². The third kappa shape index (κ3) is 2.36. The molecule has 1 aliphatic heterocycles. The van der Waals surface area contributed by atoms with Crippen LogP contribution in [0.5, 0.6) is 0 Å². The summed E-state index contributed by atoms with van der Waals surface area (Å²) in [4.78, 5) is 12.3. The summed E-state index contributed by atoms with van der Waals surface area (Å²) in [6.07, 6.45) is 2.89. The maximum absolute atomic E-state index is 12.3. The number of fused-ring (bicyclic) bond motifs is 1.